The summed E-state index contributed by atoms with van der Waals surface area (Å²) >= 11 is 8.43. The van der Waals surface area contributed by atoms with Crippen molar-refractivity contribution < 1.29 is 0 Å². The minimum Gasteiger partial charge on any atom is -0.0845 e. The van der Waals surface area contributed by atoms with Crippen LogP contribution >= 0.6 is 28.1 Å². The van der Waals surface area contributed by atoms with Gasteiger partial charge in [-0.2, -0.15) is 0 Å². The predicted octanol–water partition coefficient (Wildman–Crippen LogP) is 3.19. The maximum atomic E-state index is 5.02. The van der Waals surface area contributed by atoms with Crippen molar-refractivity contribution in [2.24, 2.45) is 0 Å². The topological polar surface area (TPSA) is 0 Å². The van der Waals surface area contributed by atoms with Crippen LogP contribution in [0.3, 0.4) is 0 Å². The average molecular weight is 215 g/mol. The number of thiocarbonyl (C=S) groups is 1. The molecule has 0 aliphatic rings. The Balaban J connectivity index is 3.15. The Morgan fingerprint density at radius 2 is 2.00 bits per heavy atom. The molecule has 0 amide bonds. The summed E-state index contributed by atoms with van der Waals surface area (Å²) in [4.78, 5) is 0.924. The quantitative estimate of drug-likeness (QED) is 0.512. The van der Waals surface area contributed by atoms with E-state index in [9.17, 15) is 0 Å². The Morgan fingerprint density at radius 3 is 2.40 bits per heavy atom. The Hall–Kier alpha value is -0.210. The van der Waals surface area contributed by atoms with Crippen molar-refractivity contribution >= 4 is 33.0 Å². The lowest BCUT2D eigenvalue weighted by Gasteiger charge is -1.98. The SMILES string of the molecule is CC(=S)c1ccccc1Br. The zero-order valence-electron chi connectivity index (χ0n) is 5.60. The van der Waals surface area contributed by atoms with Gasteiger partial charge in [0.05, 0.1) is 0 Å². The number of benzene rings is 1. The van der Waals surface area contributed by atoms with Crippen LogP contribution in [0.25, 0.3) is 0 Å². The molecule has 52 valence electrons. The van der Waals surface area contributed by atoms with Crippen LogP contribution in [0.2, 0.25) is 0 Å². The molecule has 0 atom stereocenters. The van der Waals surface area contributed by atoms with E-state index in [2.05, 4.69) is 15.9 Å². The summed E-state index contributed by atoms with van der Waals surface area (Å²) in [6.07, 6.45) is 0. The number of rotatable bonds is 1. The summed E-state index contributed by atoms with van der Waals surface area (Å²) in [5.41, 5.74) is 1.11. The second-order valence-corrected chi connectivity index (χ2v) is 3.50. The molecule has 10 heavy (non-hydrogen) atoms. The van der Waals surface area contributed by atoms with Gasteiger partial charge in [0.15, 0.2) is 0 Å². The first-order valence-corrected chi connectivity index (χ1v) is 4.17. The van der Waals surface area contributed by atoms with Gasteiger partial charge in [-0.05, 0) is 13.0 Å². The Morgan fingerprint density at radius 1 is 1.40 bits per heavy atom. The summed E-state index contributed by atoms with van der Waals surface area (Å²) in [5.74, 6) is 0. The molecule has 1 aromatic carbocycles. The third-order valence-electron chi connectivity index (χ3n) is 1.25. The van der Waals surface area contributed by atoms with E-state index in [0.717, 1.165) is 14.9 Å². The molecule has 0 nitrogen and oxygen atoms in total. The highest BCUT2D eigenvalue weighted by Gasteiger charge is 1.97. The first-order chi connectivity index (χ1) is 4.72. The van der Waals surface area contributed by atoms with E-state index < -0.39 is 0 Å². The van der Waals surface area contributed by atoms with E-state index in [-0.39, 0.29) is 0 Å². The van der Waals surface area contributed by atoms with Crippen molar-refractivity contribution in [2.75, 3.05) is 0 Å². The van der Waals surface area contributed by atoms with Crippen molar-refractivity contribution in [1.82, 2.24) is 0 Å². The lowest BCUT2D eigenvalue weighted by atomic mass is 10.2. The maximum Gasteiger partial charge on any atom is 0.0258 e. The fourth-order valence-corrected chi connectivity index (χ4v) is 1.64. The number of halogens is 1. The lowest BCUT2D eigenvalue weighted by Crippen LogP contribution is -1.89. The smallest absolute Gasteiger partial charge is 0.0258 e. The van der Waals surface area contributed by atoms with Gasteiger partial charge in [0, 0.05) is 14.9 Å². The molecule has 0 N–H and O–H groups in total. The summed E-state index contributed by atoms with van der Waals surface area (Å²) < 4.78 is 1.07. The highest BCUT2D eigenvalue weighted by atomic mass is 79.9. The highest BCUT2D eigenvalue weighted by Crippen LogP contribution is 2.16. The van der Waals surface area contributed by atoms with E-state index in [1.165, 1.54) is 0 Å². The van der Waals surface area contributed by atoms with Gasteiger partial charge in [-0.25, -0.2) is 0 Å². The summed E-state index contributed by atoms with van der Waals surface area (Å²) in [7, 11) is 0. The van der Waals surface area contributed by atoms with Gasteiger partial charge in [0.2, 0.25) is 0 Å². The molecule has 0 aliphatic heterocycles. The van der Waals surface area contributed by atoms with Crippen LogP contribution in [0.5, 0.6) is 0 Å². The van der Waals surface area contributed by atoms with Crippen molar-refractivity contribution in [3.05, 3.63) is 34.3 Å². The van der Waals surface area contributed by atoms with Crippen molar-refractivity contribution in [1.29, 1.82) is 0 Å². The zero-order valence-corrected chi connectivity index (χ0v) is 8.00. The molecule has 0 spiro atoms. The molecule has 0 heterocycles. The van der Waals surface area contributed by atoms with Crippen molar-refractivity contribution in [3.63, 3.8) is 0 Å². The zero-order chi connectivity index (χ0) is 7.56. The first kappa shape index (κ1) is 7.89. The second-order valence-electron chi connectivity index (χ2n) is 2.04. The second kappa shape index (κ2) is 3.26. The third-order valence-corrected chi connectivity index (χ3v) is 2.16. The van der Waals surface area contributed by atoms with Gasteiger partial charge in [0.1, 0.15) is 0 Å². The fraction of sp³-hybridized carbons (Fsp3) is 0.125. The number of hydrogen-bond acceptors (Lipinski definition) is 1. The summed E-state index contributed by atoms with van der Waals surface area (Å²) in [6.45, 7) is 1.93. The van der Waals surface area contributed by atoms with E-state index in [1.54, 1.807) is 0 Å². The Kier molecular flexibility index (Phi) is 2.57. The molecular formula is C8H7BrS. The van der Waals surface area contributed by atoms with Gasteiger partial charge >= 0.3 is 0 Å². The third kappa shape index (κ3) is 1.64. The van der Waals surface area contributed by atoms with Crippen LogP contribution in [0.4, 0.5) is 0 Å². The van der Waals surface area contributed by atoms with Gasteiger partial charge in [-0.15, -0.1) is 0 Å². The van der Waals surface area contributed by atoms with Gasteiger partial charge in [-0.1, -0.05) is 46.3 Å². The fourth-order valence-electron chi connectivity index (χ4n) is 0.747. The number of hydrogen-bond donors (Lipinski definition) is 0. The van der Waals surface area contributed by atoms with Crippen LogP contribution in [0.1, 0.15) is 12.5 Å². The van der Waals surface area contributed by atoms with Crippen LogP contribution < -0.4 is 0 Å². The van der Waals surface area contributed by atoms with Crippen LogP contribution in [0.15, 0.2) is 28.7 Å². The molecule has 0 unspecified atom stereocenters. The van der Waals surface area contributed by atoms with E-state index in [0.29, 0.717) is 0 Å². The summed E-state index contributed by atoms with van der Waals surface area (Å²) in [6, 6.07) is 7.96. The molecule has 0 aromatic heterocycles. The Bertz CT molecular complexity index is 255. The molecule has 0 bridgehead atoms. The largest absolute Gasteiger partial charge is 0.0845 e. The minimum atomic E-state index is 0.924. The molecular weight excluding hydrogens is 208 g/mol. The molecule has 2 heteroatoms. The van der Waals surface area contributed by atoms with E-state index >= 15 is 0 Å². The van der Waals surface area contributed by atoms with Crippen LogP contribution in [-0.2, 0) is 0 Å². The van der Waals surface area contributed by atoms with Crippen LogP contribution in [0, 0.1) is 0 Å². The van der Waals surface area contributed by atoms with Crippen molar-refractivity contribution in [2.45, 2.75) is 6.92 Å². The van der Waals surface area contributed by atoms with E-state index in [4.69, 9.17) is 12.2 Å². The minimum absolute atomic E-state index is 0.924. The maximum absolute atomic E-state index is 5.02. The monoisotopic (exact) mass is 214 g/mol. The molecule has 0 fully saturated rings. The molecule has 0 saturated carbocycles. The molecule has 1 rings (SSSR count). The van der Waals surface area contributed by atoms with Gasteiger partial charge in [0.25, 0.3) is 0 Å². The first-order valence-electron chi connectivity index (χ1n) is 2.97. The molecule has 0 saturated heterocycles. The Labute approximate surface area is 74.4 Å². The van der Waals surface area contributed by atoms with Gasteiger partial charge in [-0.3, -0.25) is 0 Å². The average Bonchev–Trinajstić information content (AvgIpc) is 1.88. The molecule has 1 aromatic rings. The summed E-state index contributed by atoms with van der Waals surface area (Å²) in [5, 5.41) is 0. The molecule has 0 aliphatic carbocycles. The standard InChI is InChI=1S/C8H7BrS/c1-6(10)7-4-2-3-5-8(7)9/h2-5H,1H3. The van der Waals surface area contributed by atoms with E-state index in [1.807, 2.05) is 31.2 Å². The van der Waals surface area contributed by atoms with Crippen molar-refractivity contribution in [3.8, 4) is 0 Å². The predicted molar refractivity (Wildman–Crippen MR) is 51.5 cm³/mol. The lowest BCUT2D eigenvalue weighted by molar-refractivity contribution is 1.60. The van der Waals surface area contributed by atoms with Gasteiger partial charge < -0.3 is 0 Å². The molecule has 0 radical (unpaired) electrons. The van der Waals surface area contributed by atoms with Crippen LogP contribution in [-0.4, -0.2) is 4.86 Å². The normalized spacial score (nSPS) is 9.40. The highest BCUT2D eigenvalue weighted by molar-refractivity contribution is 9.10.